The lowest BCUT2D eigenvalue weighted by Gasteiger charge is -2.28. The summed E-state index contributed by atoms with van der Waals surface area (Å²) in [4.78, 5) is 0. The molecule has 0 amide bonds. The zero-order valence-electron chi connectivity index (χ0n) is 13.9. The van der Waals surface area contributed by atoms with Gasteiger partial charge >= 0.3 is 0 Å². The Morgan fingerprint density at radius 2 is 1.44 bits per heavy atom. The zero-order valence-corrected chi connectivity index (χ0v) is 13.9. The maximum absolute atomic E-state index is 2.54. The second kappa shape index (κ2) is 6.96. The molecular formula is C18H36. The molecule has 0 spiro atoms. The molecule has 1 saturated carbocycles. The maximum Gasteiger partial charge on any atom is -0.0332 e. The molecule has 0 N–H and O–H groups in total. The average Bonchev–Trinajstić information content (AvgIpc) is 2.57. The van der Waals surface area contributed by atoms with Crippen LogP contribution in [-0.2, 0) is 0 Å². The minimum atomic E-state index is 0.908. The standard InChI is InChI=1S/C18H36/c1-8-12(3)10-11-17-14(5)15(6)18(16(17)7)13(4)9-2/h12-18H,8-11H2,1-7H3. The number of hydrogen-bond donors (Lipinski definition) is 0. The van der Waals surface area contributed by atoms with E-state index in [0.717, 1.165) is 41.4 Å². The van der Waals surface area contributed by atoms with Crippen LogP contribution in [0.5, 0.6) is 0 Å². The van der Waals surface area contributed by atoms with Crippen molar-refractivity contribution in [3.63, 3.8) is 0 Å². The lowest BCUT2D eigenvalue weighted by atomic mass is 9.78. The summed E-state index contributed by atoms with van der Waals surface area (Å²) >= 11 is 0. The van der Waals surface area contributed by atoms with Crippen LogP contribution in [-0.4, -0.2) is 0 Å². The van der Waals surface area contributed by atoms with Gasteiger partial charge < -0.3 is 0 Å². The topological polar surface area (TPSA) is 0 Å². The quantitative estimate of drug-likeness (QED) is 0.543. The molecule has 1 aliphatic carbocycles. The van der Waals surface area contributed by atoms with Gasteiger partial charge in [-0.2, -0.15) is 0 Å². The third-order valence-corrected chi connectivity index (χ3v) is 6.39. The van der Waals surface area contributed by atoms with Gasteiger partial charge in [0, 0.05) is 0 Å². The highest BCUT2D eigenvalue weighted by molar-refractivity contribution is 4.93. The zero-order chi connectivity index (χ0) is 13.9. The van der Waals surface area contributed by atoms with E-state index >= 15 is 0 Å². The molecule has 0 heterocycles. The van der Waals surface area contributed by atoms with E-state index in [-0.39, 0.29) is 0 Å². The van der Waals surface area contributed by atoms with Crippen LogP contribution in [0.3, 0.4) is 0 Å². The molecule has 0 bridgehead atoms. The van der Waals surface area contributed by atoms with E-state index in [1.807, 2.05) is 0 Å². The Bertz CT molecular complexity index is 232. The highest BCUT2D eigenvalue weighted by Crippen LogP contribution is 2.51. The third-order valence-electron chi connectivity index (χ3n) is 6.39. The van der Waals surface area contributed by atoms with Crippen LogP contribution in [0.15, 0.2) is 0 Å². The minimum absolute atomic E-state index is 0.908. The molecule has 0 aromatic carbocycles. The molecule has 1 aliphatic rings. The van der Waals surface area contributed by atoms with Gasteiger partial charge in [-0.1, -0.05) is 67.7 Å². The lowest BCUT2D eigenvalue weighted by molar-refractivity contribution is 0.212. The molecule has 0 aliphatic heterocycles. The second-order valence-electron chi connectivity index (χ2n) is 7.29. The van der Waals surface area contributed by atoms with Crippen LogP contribution in [0.1, 0.15) is 74.1 Å². The first-order valence-electron chi connectivity index (χ1n) is 8.43. The van der Waals surface area contributed by atoms with Crippen LogP contribution in [0.4, 0.5) is 0 Å². The minimum Gasteiger partial charge on any atom is -0.0651 e. The van der Waals surface area contributed by atoms with Crippen molar-refractivity contribution in [1.82, 2.24) is 0 Å². The second-order valence-corrected chi connectivity index (χ2v) is 7.29. The van der Waals surface area contributed by atoms with Gasteiger partial charge in [0.1, 0.15) is 0 Å². The fraction of sp³-hybridized carbons (Fsp3) is 1.00. The normalized spacial score (nSPS) is 39.8. The van der Waals surface area contributed by atoms with Crippen molar-refractivity contribution in [2.24, 2.45) is 41.4 Å². The Kier molecular flexibility index (Phi) is 6.21. The van der Waals surface area contributed by atoms with Gasteiger partial charge in [-0.05, 0) is 47.8 Å². The van der Waals surface area contributed by atoms with Crippen LogP contribution in [0.2, 0.25) is 0 Å². The summed E-state index contributed by atoms with van der Waals surface area (Å²) in [7, 11) is 0. The maximum atomic E-state index is 2.54. The van der Waals surface area contributed by atoms with Crippen LogP contribution in [0, 0.1) is 41.4 Å². The van der Waals surface area contributed by atoms with Gasteiger partial charge in [0.2, 0.25) is 0 Å². The molecule has 1 fully saturated rings. The molecule has 0 aromatic rings. The van der Waals surface area contributed by atoms with E-state index in [9.17, 15) is 0 Å². The van der Waals surface area contributed by atoms with Gasteiger partial charge in [0.15, 0.2) is 0 Å². The Balaban J connectivity index is 2.64. The molecular weight excluding hydrogens is 216 g/mol. The van der Waals surface area contributed by atoms with E-state index in [1.54, 1.807) is 0 Å². The summed E-state index contributed by atoms with van der Waals surface area (Å²) in [6.45, 7) is 17.2. The predicted octanol–water partition coefficient (Wildman–Crippen LogP) is 6.01. The van der Waals surface area contributed by atoms with Crippen molar-refractivity contribution in [3.8, 4) is 0 Å². The number of hydrogen-bond acceptors (Lipinski definition) is 0. The van der Waals surface area contributed by atoms with Crippen molar-refractivity contribution < 1.29 is 0 Å². The van der Waals surface area contributed by atoms with Crippen molar-refractivity contribution in [2.45, 2.75) is 74.1 Å². The summed E-state index contributed by atoms with van der Waals surface area (Å²) < 4.78 is 0. The Morgan fingerprint density at radius 3 is 1.94 bits per heavy atom. The van der Waals surface area contributed by atoms with E-state index in [1.165, 1.54) is 25.7 Å². The van der Waals surface area contributed by atoms with Gasteiger partial charge in [-0.15, -0.1) is 0 Å². The van der Waals surface area contributed by atoms with E-state index < -0.39 is 0 Å². The van der Waals surface area contributed by atoms with Crippen molar-refractivity contribution in [3.05, 3.63) is 0 Å². The molecule has 18 heavy (non-hydrogen) atoms. The van der Waals surface area contributed by atoms with Gasteiger partial charge in [0.25, 0.3) is 0 Å². The predicted molar refractivity (Wildman–Crippen MR) is 82.6 cm³/mol. The molecule has 1 rings (SSSR count). The van der Waals surface area contributed by atoms with Gasteiger partial charge in [-0.3, -0.25) is 0 Å². The molecule has 7 atom stereocenters. The van der Waals surface area contributed by atoms with Gasteiger partial charge in [-0.25, -0.2) is 0 Å². The smallest absolute Gasteiger partial charge is 0.0332 e. The Hall–Kier alpha value is 0. The summed E-state index contributed by atoms with van der Waals surface area (Å²) in [6, 6.07) is 0. The average molecular weight is 252 g/mol. The van der Waals surface area contributed by atoms with Crippen LogP contribution >= 0.6 is 0 Å². The highest BCUT2D eigenvalue weighted by atomic mass is 14.5. The molecule has 108 valence electrons. The largest absolute Gasteiger partial charge is 0.0651 e. The SMILES string of the molecule is CCC(C)CCC1C(C)C(C)C(C(C)CC)C1C. The molecule has 0 saturated heterocycles. The van der Waals surface area contributed by atoms with Gasteiger partial charge in [0.05, 0.1) is 0 Å². The monoisotopic (exact) mass is 252 g/mol. The summed E-state index contributed by atoms with van der Waals surface area (Å²) in [5.41, 5.74) is 0. The highest BCUT2D eigenvalue weighted by Gasteiger charge is 2.44. The Morgan fingerprint density at radius 1 is 0.833 bits per heavy atom. The summed E-state index contributed by atoms with van der Waals surface area (Å²) in [5, 5.41) is 0. The molecule has 0 aromatic heterocycles. The van der Waals surface area contributed by atoms with Crippen molar-refractivity contribution in [1.29, 1.82) is 0 Å². The first-order chi connectivity index (χ1) is 8.43. The van der Waals surface area contributed by atoms with E-state index in [4.69, 9.17) is 0 Å². The van der Waals surface area contributed by atoms with E-state index in [0.29, 0.717) is 0 Å². The summed E-state index contributed by atoms with van der Waals surface area (Å²) in [6.07, 6.45) is 5.61. The first kappa shape index (κ1) is 16.1. The van der Waals surface area contributed by atoms with Crippen LogP contribution < -0.4 is 0 Å². The van der Waals surface area contributed by atoms with Crippen molar-refractivity contribution >= 4 is 0 Å². The number of rotatable bonds is 6. The Labute approximate surface area is 116 Å². The fourth-order valence-corrected chi connectivity index (χ4v) is 4.50. The summed E-state index contributed by atoms with van der Waals surface area (Å²) in [5.74, 6) is 6.57. The molecule has 0 nitrogen and oxygen atoms in total. The molecule has 0 radical (unpaired) electrons. The lowest BCUT2D eigenvalue weighted by Crippen LogP contribution is -2.21. The first-order valence-corrected chi connectivity index (χ1v) is 8.43. The van der Waals surface area contributed by atoms with Crippen molar-refractivity contribution in [2.75, 3.05) is 0 Å². The van der Waals surface area contributed by atoms with E-state index in [2.05, 4.69) is 48.5 Å². The molecule has 0 heteroatoms. The van der Waals surface area contributed by atoms with Crippen LogP contribution in [0.25, 0.3) is 0 Å². The molecule has 7 unspecified atom stereocenters. The fourth-order valence-electron chi connectivity index (χ4n) is 4.50. The third kappa shape index (κ3) is 3.31.